The third kappa shape index (κ3) is 4.86. The van der Waals surface area contributed by atoms with Crippen molar-refractivity contribution in [3.8, 4) is 0 Å². The van der Waals surface area contributed by atoms with Crippen LogP contribution in [0.25, 0.3) is 0 Å². The Hall–Kier alpha value is -0.0400. The van der Waals surface area contributed by atoms with Crippen molar-refractivity contribution in [2.24, 2.45) is 0 Å². The lowest BCUT2D eigenvalue weighted by molar-refractivity contribution is 0.152. The average molecular weight is 225 g/mol. The zero-order valence-corrected chi connectivity index (χ0v) is 11.7. The molecule has 0 aromatic carbocycles. The lowest BCUT2D eigenvalue weighted by Crippen LogP contribution is -2.39. The molecule has 1 rings (SSSR count). The summed E-state index contributed by atoms with van der Waals surface area (Å²) in [6.07, 6.45) is 12.8. The van der Waals surface area contributed by atoms with Gasteiger partial charge in [0.05, 0.1) is 0 Å². The van der Waals surface area contributed by atoms with Crippen LogP contribution in [0.4, 0.5) is 0 Å². The van der Waals surface area contributed by atoms with Gasteiger partial charge in [0.25, 0.3) is 0 Å². The van der Waals surface area contributed by atoms with E-state index < -0.39 is 0 Å². The van der Waals surface area contributed by atoms with Crippen LogP contribution in [0, 0.1) is 0 Å². The lowest BCUT2D eigenvalue weighted by atomic mass is 10.1. The molecule has 1 fully saturated rings. The summed E-state index contributed by atoms with van der Waals surface area (Å²) < 4.78 is 0. The van der Waals surface area contributed by atoms with Crippen LogP contribution in [-0.4, -0.2) is 23.5 Å². The average Bonchev–Trinajstić information content (AvgIpc) is 2.42. The van der Waals surface area contributed by atoms with Crippen LogP contribution >= 0.6 is 0 Å². The van der Waals surface area contributed by atoms with Gasteiger partial charge in [-0.2, -0.15) is 0 Å². The van der Waals surface area contributed by atoms with E-state index in [4.69, 9.17) is 0 Å². The van der Waals surface area contributed by atoms with Crippen LogP contribution < -0.4 is 0 Å². The summed E-state index contributed by atoms with van der Waals surface area (Å²) in [6, 6.07) is 1.65. The monoisotopic (exact) mass is 225 g/mol. The van der Waals surface area contributed by atoms with E-state index in [0.717, 1.165) is 12.1 Å². The van der Waals surface area contributed by atoms with Gasteiger partial charge < -0.3 is 0 Å². The summed E-state index contributed by atoms with van der Waals surface area (Å²) in [5, 5.41) is 0. The molecule has 2 atom stereocenters. The van der Waals surface area contributed by atoms with Gasteiger partial charge in [-0.25, -0.2) is 0 Å². The Morgan fingerprint density at radius 1 is 0.875 bits per heavy atom. The van der Waals surface area contributed by atoms with Gasteiger partial charge in [-0.15, -0.1) is 0 Å². The van der Waals surface area contributed by atoms with E-state index in [1.54, 1.807) is 0 Å². The van der Waals surface area contributed by atoms with Gasteiger partial charge in [-0.1, -0.05) is 45.4 Å². The largest absolute Gasteiger partial charge is 0.298 e. The maximum absolute atomic E-state index is 2.76. The van der Waals surface area contributed by atoms with Crippen LogP contribution in [0.5, 0.6) is 0 Å². The fourth-order valence-corrected chi connectivity index (χ4v) is 2.98. The number of hydrogen-bond acceptors (Lipinski definition) is 1. The molecule has 0 amide bonds. The molecule has 1 aliphatic rings. The van der Waals surface area contributed by atoms with Gasteiger partial charge in [-0.05, 0) is 39.7 Å². The highest BCUT2D eigenvalue weighted by molar-refractivity contribution is 4.77. The van der Waals surface area contributed by atoms with E-state index in [0.29, 0.717) is 0 Å². The molecule has 0 bridgehead atoms. The Bertz CT molecular complexity index is 155. The third-order valence-corrected chi connectivity index (χ3v) is 4.15. The molecule has 0 saturated carbocycles. The Balaban J connectivity index is 2.21. The lowest BCUT2D eigenvalue weighted by Gasteiger charge is -2.32. The first-order chi connectivity index (χ1) is 7.75. The van der Waals surface area contributed by atoms with Crippen LogP contribution in [0.1, 0.15) is 78.6 Å². The second-order valence-corrected chi connectivity index (χ2v) is 5.63. The van der Waals surface area contributed by atoms with E-state index in [9.17, 15) is 0 Å². The molecule has 2 unspecified atom stereocenters. The normalized spacial score (nSPS) is 27.9. The number of hydrogen-bond donors (Lipinski definition) is 0. The van der Waals surface area contributed by atoms with Gasteiger partial charge in [0, 0.05) is 12.1 Å². The molecule has 1 saturated heterocycles. The first-order valence-electron chi connectivity index (χ1n) is 7.51. The van der Waals surface area contributed by atoms with Crippen molar-refractivity contribution in [3.05, 3.63) is 0 Å². The number of likely N-dealkylation sites (tertiary alicyclic amines) is 1. The molecule has 0 radical (unpaired) electrons. The standard InChI is InChI=1S/C15H31N/c1-4-5-6-7-10-13-16-14(2)11-8-9-12-15(16)3/h14-15H,4-13H2,1-3H3. The minimum Gasteiger partial charge on any atom is -0.298 e. The molecule has 1 aliphatic heterocycles. The van der Waals surface area contributed by atoms with Crippen molar-refractivity contribution in [1.82, 2.24) is 4.90 Å². The van der Waals surface area contributed by atoms with E-state index in [1.165, 1.54) is 64.3 Å². The molecule has 0 N–H and O–H groups in total. The first-order valence-corrected chi connectivity index (χ1v) is 7.51. The maximum atomic E-state index is 2.76. The summed E-state index contributed by atoms with van der Waals surface area (Å²) in [5.74, 6) is 0. The van der Waals surface area contributed by atoms with E-state index >= 15 is 0 Å². The third-order valence-electron chi connectivity index (χ3n) is 4.15. The van der Waals surface area contributed by atoms with E-state index in [1.807, 2.05) is 0 Å². The molecule has 1 nitrogen and oxygen atoms in total. The number of unbranched alkanes of at least 4 members (excludes halogenated alkanes) is 4. The zero-order chi connectivity index (χ0) is 11.8. The molecule has 1 heteroatoms. The molecular formula is C15H31N. The van der Waals surface area contributed by atoms with Crippen LogP contribution in [0.15, 0.2) is 0 Å². The highest BCUT2D eigenvalue weighted by atomic mass is 15.2. The van der Waals surface area contributed by atoms with Crippen LogP contribution in [0.2, 0.25) is 0 Å². The van der Waals surface area contributed by atoms with Crippen molar-refractivity contribution in [3.63, 3.8) is 0 Å². The highest BCUT2D eigenvalue weighted by Gasteiger charge is 2.21. The van der Waals surface area contributed by atoms with Gasteiger partial charge in [0.15, 0.2) is 0 Å². The molecule has 0 aromatic heterocycles. The van der Waals surface area contributed by atoms with Gasteiger partial charge in [-0.3, -0.25) is 4.90 Å². The second-order valence-electron chi connectivity index (χ2n) is 5.63. The topological polar surface area (TPSA) is 3.24 Å². The fraction of sp³-hybridized carbons (Fsp3) is 1.00. The zero-order valence-electron chi connectivity index (χ0n) is 11.7. The Kier molecular flexibility index (Phi) is 7.11. The van der Waals surface area contributed by atoms with E-state index in [-0.39, 0.29) is 0 Å². The quantitative estimate of drug-likeness (QED) is 0.597. The SMILES string of the molecule is CCCCCCCN1C(C)CCCCC1C. The first kappa shape index (κ1) is 14.0. The van der Waals surface area contributed by atoms with Crippen molar-refractivity contribution in [2.75, 3.05) is 6.54 Å². The Morgan fingerprint density at radius 2 is 1.44 bits per heavy atom. The van der Waals surface area contributed by atoms with Crippen LogP contribution in [0.3, 0.4) is 0 Å². The van der Waals surface area contributed by atoms with Crippen LogP contribution in [-0.2, 0) is 0 Å². The molecule has 96 valence electrons. The summed E-state index contributed by atoms with van der Waals surface area (Å²) in [4.78, 5) is 2.76. The van der Waals surface area contributed by atoms with Gasteiger partial charge in [0.1, 0.15) is 0 Å². The maximum Gasteiger partial charge on any atom is 0.00697 e. The molecular weight excluding hydrogens is 194 g/mol. The number of rotatable bonds is 6. The molecule has 0 aliphatic carbocycles. The summed E-state index contributed by atoms with van der Waals surface area (Å²) in [7, 11) is 0. The highest BCUT2D eigenvalue weighted by Crippen LogP contribution is 2.22. The van der Waals surface area contributed by atoms with Gasteiger partial charge >= 0.3 is 0 Å². The second kappa shape index (κ2) is 8.11. The van der Waals surface area contributed by atoms with Crippen molar-refractivity contribution >= 4 is 0 Å². The minimum atomic E-state index is 0.823. The Labute approximate surface area is 103 Å². The summed E-state index contributed by atoms with van der Waals surface area (Å²) in [6.45, 7) is 8.48. The summed E-state index contributed by atoms with van der Waals surface area (Å²) >= 11 is 0. The fourth-order valence-electron chi connectivity index (χ4n) is 2.98. The number of nitrogens with zero attached hydrogens (tertiary/aromatic N) is 1. The van der Waals surface area contributed by atoms with Crippen molar-refractivity contribution < 1.29 is 0 Å². The Morgan fingerprint density at radius 3 is 2.00 bits per heavy atom. The molecule has 1 heterocycles. The minimum absolute atomic E-state index is 0.823. The predicted octanol–water partition coefficient (Wildman–Crippen LogP) is 4.61. The summed E-state index contributed by atoms with van der Waals surface area (Å²) in [5.41, 5.74) is 0. The molecule has 0 aromatic rings. The van der Waals surface area contributed by atoms with Crippen molar-refractivity contribution in [2.45, 2.75) is 90.6 Å². The smallest absolute Gasteiger partial charge is 0.00697 e. The predicted molar refractivity (Wildman–Crippen MR) is 72.9 cm³/mol. The van der Waals surface area contributed by atoms with Gasteiger partial charge in [0.2, 0.25) is 0 Å². The molecule has 0 spiro atoms. The molecule has 16 heavy (non-hydrogen) atoms. The van der Waals surface area contributed by atoms with Crippen molar-refractivity contribution in [1.29, 1.82) is 0 Å². The van der Waals surface area contributed by atoms with E-state index in [2.05, 4.69) is 25.7 Å².